The topological polar surface area (TPSA) is 57.5 Å². The van der Waals surface area contributed by atoms with Crippen LogP contribution < -0.4 is 0 Å². The molecule has 3 nitrogen and oxygen atoms in total. The van der Waals surface area contributed by atoms with E-state index in [-0.39, 0.29) is 29.0 Å². The van der Waals surface area contributed by atoms with Crippen molar-refractivity contribution in [3.05, 3.63) is 0 Å². The average Bonchev–Trinajstić information content (AvgIpc) is 2.84. The van der Waals surface area contributed by atoms with Gasteiger partial charge in [0.2, 0.25) is 0 Å². The number of aliphatic hydroxyl groups excluding tert-OH is 2. The highest BCUT2D eigenvalue weighted by molar-refractivity contribution is 5.79. The molecule has 0 aliphatic heterocycles. The highest BCUT2D eigenvalue weighted by Gasteiger charge is 2.63. The molecule has 0 heterocycles. The molecule has 24 heavy (non-hydrogen) atoms. The maximum Gasteiger partial charge on any atom is 0.133 e. The lowest BCUT2D eigenvalue weighted by molar-refractivity contribution is -0.178. The molecule has 0 radical (unpaired) electrons. The van der Waals surface area contributed by atoms with Crippen LogP contribution in [0.3, 0.4) is 0 Å². The monoisotopic (exact) mass is 334 g/mol. The number of carbonyl (C=O) groups excluding carboxylic acids is 1. The molecule has 4 fully saturated rings. The summed E-state index contributed by atoms with van der Waals surface area (Å²) in [4.78, 5) is 12.2. The van der Waals surface area contributed by atoms with Gasteiger partial charge in [0.25, 0.3) is 0 Å². The van der Waals surface area contributed by atoms with Gasteiger partial charge < -0.3 is 10.2 Å². The first-order valence-electron chi connectivity index (χ1n) is 10.1. The second kappa shape index (κ2) is 5.54. The molecule has 9 atom stereocenters. The lowest BCUT2D eigenvalue weighted by Crippen LogP contribution is -2.59. The second-order valence-corrected chi connectivity index (χ2v) is 10.0. The zero-order chi connectivity index (χ0) is 17.3. The lowest BCUT2D eigenvalue weighted by atomic mass is 9.44. The van der Waals surface area contributed by atoms with E-state index in [1.54, 1.807) is 6.92 Å². The zero-order valence-electron chi connectivity index (χ0n) is 15.5. The Kier molecular flexibility index (Phi) is 3.93. The fraction of sp³-hybridized carbons (Fsp3) is 0.952. The van der Waals surface area contributed by atoms with E-state index in [0.717, 1.165) is 38.5 Å². The molecule has 0 bridgehead atoms. The maximum absolute atomic E-state index is 12.2. The maximum atomic E-state index is 12.2. The van der Waals surface area contributed by atoms with Crippen molar-refractivity contribution in [1.82, 2.24) is 0 Å². The standard InChI is InChI=1S/C21H34O3/c1-12(22)16-6-7-17-15-5-4-13-10-14(23)8-9-20(13,2)19(15)18(24)11-21(16,17)3/h13-19,23-24H,4-11H2,1-3H3/t13-,14+,15-,16-,17+,18+,19-,20-,21+/m0/s1. The number of hydrogen-bond donors (Lipinski definition) is 2. The Morgan fingerprint density at radius 1 is 1.00 bits per heavy atom. The Morgan fingerprint density at radius 3 is 2.46 bits per heavy atom. The number of ketones is 1. The Morgan fingerprint density at radius 2 is 1.75 bits per heavy atom. The van der Waals surface area contributed by atoms with E-state index in [4.69, 9.17) is 0 Å². The molecule has 0 spiro atoms. The van der Waals surface area contributed by atoms with Crippen molar-refractivity contribution < 1.29 is 15.0 Å². The van der Waals surface area contributed by atoms with Gasteiger partial charge in [-0.25, -0.2) is 0 Å². The van der Waals surface area contributed by atoms with Crippen LogP contribution in [0.2, 0.25) is 0 Å². The van der Waals surface area contributed by atoms with Crippen molar-refractivity contribution in [2.24, 2.45) is 40.4 Å². The molecular formula is C21H34O3. The van der Waals surface area contributed by atoms with E-state index in [2.05, 4.69) is 13.8 Å². The molecule has 2 N–H and O–H groups in total. The van der Waals surface area contributed by atoms with Gasteiger partial charge in [-0.1, -0.05) is 13.8 Å². The van der Waals surface area contributed by atoms with Crippen molar-refractivity contribution in [2.75, 3.05) is 0 Å². The van der Waals surface area contributed by atoms with E-state index >= 15 is 0 Å². The molecule has 136 valence electrons. The Balaban J connectivity index is 1.67. The number of hydrogen-bond acceptors (Lipinski definition) is 3. The molecule has 4 rings (SSSR count). The van der Waals surface area contributed by atoms with Crippen molar-refractivity contribution in [3.8, 4) is 0 Å². The van der Waals surface area contributed by atoms with Crippen molar-refractivity contribution in [3.63, 3.8) is 0 Å². The van der Waals surface area contributed by atoms with Crippen molar-refractivity contribution in [2.45, 2.75) is 84.3 Å². The lowest BCUT2D eigenvalue weighted by Gasteiger charge is -2.62. The van der Waals surface area contributed by atoms with E-state index in [1.807, 2.05) is 0 Å². The van der Waals surface area contributed by atoms with Crippen LogP contribution in [0.1, 0.15) is 72.1 Å². The van der Waals surface area contributed by atoms with Crippen LogP contribution in [0.15, 0.2) is 0 Å². The van der Waals surface area contributed by atoms with Gasteiger partial charge in [0.15, 0.2) is 0 Å². The van der Waals surface area contributed by atoms with Gasteiger partial charge in [-0.15, -0.1) is 0 Å². The summed E-state index contributed by atoms with van der Waals surface area (Å²) >= 11 is 0. The summed E-state index contributed by atoms with van der Waals surface area (Å²) < 4.78 is 0. The summed E-state index contributed by atoms with van der Waals surface area (Å²) in [6, 6.07) is 0. The molecule has 0 aromatic carbocycles. The number of fused-ring (bicyclic) bond motifs is 5. The molecule has 0 amide bonds. The van der Waals surface area contributed by atoms with E-state index in [0.29, 0.717) is 29.5 Å². The van der Waals surface area contributed by atoms with Gasteiger partial charge in [0.05, 0.1) is 12.2 Å². The molecule has 3 heteroatoms. The summed E-state index contributed by atoms with van der Waals surface area (Å²) in [5.41, 5.74) is 0.182. The third-order valence-corrected chi connectivity index (χ3v) is 9.06. The van der Waals surface area contributed by atoms with E-state index < -0.39 is 0 Å². The first-order chi connectivity index (χ1) is 11.3. The quantitative estimate of drug-likeness (QED) is 0.771. The minimum atomic E-state index is -0.278. The first kappa shape index (κ1) is 17.0. The Hall–Kier alpha value is -0.410. The average molecular weight is 335 g/mol. The van der Waals surface area contributed by atoms with Crippen LogP contribution in [0.4, 0.5) is 0 Å². The minimum Gasteiger partial charge on any atom is -0.393 e. The number of carbonyl (C=O) groups is 1. The smallest absolute Gasteiger partial charge is 0.133 e. The zero-order valence-corrected chi connectivity index (χ0v) is 15.5. The summed E-state index contributed by atoms with van der Waals surface area (Å²) in [6.07, 6.45) is 7.80. The van der Waals surface area contributed by atoms with Gasteiger partial charge in [-0.3, -0.25) is 4.79 Å². The van der Waals surface area contributed by atoms with Crippen LogP contribution in [-0.4, -0.2) is 28.2 Å². The molecule has 4 aliphatic carbocycles. The molecule has 0 unspecified atom stereocenters. The first-order valence-corrected chi connectivity index (χ1v) is 10.1. The fourth-order valence-corrected chi connectivity index (χ4v) is 8.03. The predicted molar refractivity (Wildman–Crippen MR) is 93.3 cm³/mol. The van der Waals surface area contributed by atoms with Crippen LogP contribution in [0.5, 0.6) is 0 Å². The molecule has 4 aliphatic rings. The minimum absolute atomic E-state index is 0.00376. The second-order valence-electron chi connectivity index (χ2n) is 10.0. The van der Waals surface area contributed by atoms with Gasteiger partial charge in [-0.2, -0.15) is 0 Å². The summed E-state index contributed by atoms with van der Waals surface area (Å²) in [6.45, 7) is 6.43. The Bertz CT molecular complexity index is 531. The number of aliphatic hydroxyl groups is 2. The molecular weight excluding hydrogens is 300 g/mol. The Labute approximate surface area is 146 Å². The van der Waals surface area contributed by atoms with Crippen LogP contribution >= 0.6 is 0 Å². The van der Waals surface area contributed by atoms with E-state index in [9.17, 15) is 15.0 Å². The third kappa shape index (κ3) is 2.19. The highest BCUT2D eigenvalue weighted by Crippen LogP contribution is 2.67. The van der Waals surface area contributed by atoms with Crippen molar-refractivity contribution >= 4 is 5.78 Å². The van der Waals surface area contributed by atoms with Crippen LogP contribution in [-0.2, 0) is 4.79 Å². The number of rotatable bonds is 1. The van der Waals surface area contributed by atoms with Gasteiger partial charge in [-0.05, 0) is 92.8 Å². The molecule has 0 aromatic rings. The normalized spacial score (nSPS) is 57.0. The van der Waals surface area contributed by atoms with Gasteiger partial charge >= 0.3 is 0 Å². The summed E-state index contributed by atoms with van der Waals surface area (Å²) in [5.74, 6) is 2.58. The number of Topliss-reactive ketones (excluding diaryl/α,β-unsaturated/α-hetero) is 1. The fourth-order valence-electron chi connectivity index (χ4n) is 8.03. The SMILES string of the molecule is CC(=O)[C@@H]1CC[C@@H]2[C@@H]3CC[C@H]4C[C@H](O)CC[C@]4(C)[C@@H]3[C@H](O)C[C@@]21C. The van der Waals surface area contributed by atoms with Gasteiger partial charge in [0.1, 0.15) is 5.78 Å². The third-order valence-electron chi connectivity index (χ3n) is 9.06. The molecule has 4 saturated carbocycles. The van der Waals surface area contributed by atoms with Gasteiger partial charge in [0, 0.05) is 5.92 Å². The van der Waals surface area contributed by atoms with Crippen LogP contribution in [0.25, 0.3) is 0 Å². The largest absolute Gasteiger partial charge is 0.393 e. The van der Waals surface area contributed by atoms with Crippen LogP contribution in [0, 0.1) is 40.4 Å². The predicted octanol–water partition coefficient (Wildman–Crippen LogP) is 3.57. The molecule has 0 aromatic heterocycles. The summed E-state index contributed by atoms with van der Waals surface area (Å²) in [7, 11) is 0. The highest BCUT2D eigenvalue weighted by atomic mass is 16.3. The molecule has 0 saturated heterocycles. The summed E-state index contributed by atoms with van der Waals surface area (Å²) in [5, 5.41) is 21.3. The van der Waals surface area contributed by atoms with Crippen molar-refractivity contribution in [1.29, 1.82) is 0 Å². The van der Waals surface area contributed by atoms with E-state index in [1.165, 1.54) is 12.8 Å².